The summed E-state index contributed by atoms with van der Waals surface area (Å²) in [6.07, 6.45) is -1.71. The van der Waals surface area contributed by atoms with Gasteiger partial charge in [0.1, 0.15) is 17.6 Å². The van der Waals surface area contributed by atoms with Crippen LogP contribution in [0.3, 0.4) is 0 Å². The van der Waals surface area contributed by atoms with E-state index in [1.54, 1.807) is 37.5 Å². The second-order valence-corrected chi connectivity index (χ2v) is 7.34. The number of alkyl halides is 3. The van der Waals surface area contributed by atoms with E-state index in [0.717, 1.165) is 17.0 Å². The van der Waals surface area contributed by atoms with E-state index >= 15 is 0 Å². The molecule has 6 nitrogen and oxygen atoms in total. The van der Waals surface area contributed by atoms with Crippen LogP contribution >= 0.6 is 0 Å². The van der Waals surface area contributed by atoms with Crippen LogP contribution in [0.5, 0.6) is 5.75 Å². The van der Waals surface area contributed by atoms with Gasteiger partial charge in [-0.2, -0.15) is 0 Å². The molecule has 1 unspecified atom stereocenters. The monoisotopic (exact) mass is 459 g/mol. The third-order valence-corrected chi connectivity index (χ3v) is 5.22. The van der Waals surface area contributed by atoms with Crippen LogP contribution in [0.1, 0.15) is 12.5 Å². The van der Waals surface area contributed by atoms with E-state index in [1.807, 2.05) is 0 Å². The summed E-state index contributed by atoms with van der Waals surface area (Å²) >= 11 is 0. The molecular formula is C23H17F4N3O3. The van der Waals surface area contributed by atoms with Gasteiger partial charge in [0.15, 0.2) is 0 Å². The summed E-state index contributed by atoms with van der Waals surface area (Å²) in [4.78, 5) is 32.3. The molecule has 1 saturated heterocycles. The first-order valence-electron chi connectivity index (χ1n) is 9.83. The van der Waals surface area contributed by atoms with Crippen LogP contribution in [-0.2, 0) is 11.3 Å². The van der Waals surface area contributed by atoms with Crippen LogP contribution in [-0.4, -0.2) is 34.2 Å². The van der Waals surface area contributed by atoms with E-state index < -0.39 is 30.1 Å². The lowest BCUT2D eigenvalue weighted by molar-refractivity contribution is -0.274. The van der Waals surface area contributed by atoms with Gasteiger partial charge < -0.3 is 9.64 Å². The van der Waals surface area contributed by atoms with E-state index in [1.165, 1.54) is 29.2 Å². The van der Waals surface area contributed by atoms with Gasteiger partial charge in [0.25, 0.3) is 5.91 Å². The molecule has 3 aromatic rings. The summed E-state index contributed by atoms with van der Waals surface area (Å²) in [6, 6.07) is 10.6. The van der Waals surface area contributed by atoms with E-state index in [9.17, 15) is 27.2 Å². The third kappa shape index (κ3) is 4.64. The molecule has 3 amide bonds. The molecule has 0 N–H and O–H groups in total. The molecule has 1 aromatic heterocycles. The number of aromatic nitrogens is 1. The molecule has 2 aromatic carbocycles. The minimum atomic E-state index is -4.85. The highest BCUT2D eigenvalue weighted by molar-refractivity contribution is 6.21. The molecule has 0 radical (unpaired) electrons. The van der Waals surface area contributed by atoms with Gasteiger partial charge in [-0.15, -0.1) is 13.2 Å². The van der Waals surface area contributed by atoms with Crippen molar-refractivity contribution >= 4 is 17.6 Å². The van der Waals surface area contributed by atoms with E-state index in [4.69, 9.17) is 0 Å². The molecule has 0 bridgehead atoms. The Hall–Kier alpha value is -3.95. The Kier molecular flexibility index (Phi) is 5.75. The Labute approximate surface area is 186 Å². The summed E-state index contributed by atoms with van der Waals surface area (Å²) in [7, 11) is 0. The fraction of sp³-hybridized carbons (Fsp3) is 0.174. The van der Waals surface area contributed by atoms with Crippen LogP contribution in [0.15, 0.2) is 67.0 Å². The topological polar surface area (TPSA) is 62.7 Å². The smallest absolute Gasteiger partial charge is 0.406 e. The zero-order valence-electron chi connectivity index (χ0n) is 17.2. The van der Waals surface area contributed by atoms with Gasteiger partial charge in [0.2, 0.25) is 0 Å². The number of nitrogens with zero attached hydrogens (tertiary/aromatic N) is 3. The van der Waals surface area contributed by atoms with E-state index in [0.29, 0.717) is 16.7 Å². The summed E-state index contributed by atoms with van der Waals surface area (Å²) in [5.74, 6) is -1.36. The first-order chi connectivity index (χ1) is 15.6. The quantitative estimate of drug-likeness (QED) is 0.391. The van der Waals surface area contributed by atoms with Gasteiger partial charge >= 0.3 is 12.4 Å². The fourth-order valence-corrected chi connectivity index (χ4v) is 3.58. The Morgan fingerprint density at radius 1 is 1.00 bits per heavy atom. The van der Waals surface area contributed by atoms with Crippen molar-refractivity contribution in [2.75, 3.05) is 4.90 Å². The van der Waals surface area contributed by atoms with Gasteiger partial charge in [0, 0.05) is 24.5 Å². The van der Waals surface area contributed by atoms with Gasteiger partial charge in [-0.3, -0.25) is 9.78 Å². The molecule has 10 heteroatoms. The van der Waals surface area contributed by atoms with Crippen molar-refractivity contribution < 1.29 is 31.9 Å². The molecule has 0 saturated carbocycles. The van der Waals surface area contributed by atoms with Crippen molar-refractivity contribution in [1.29, 1.82) is 0 Å². The molecule has 4 rings (SSSR count). The molecule has 1 aliphatic rings. The number of amides is 3. The maximum absolute atomic E-state index is 13.3. The van der Waals surface area contributed by atoms with Crippen LogP contribution in [0.2, 0.25) is 0 Å². The highest BCUT2D eigenvalue weighted by atomic mass is 19.4. The first kappa shape index (κ1) is 22.3. The highest BCUT2D eigenvalue weighted by Crippen LogP contribution is 2.31. The van der Waals surface area contributed by atoms with E-state index in [2.05, 4.69) is 9.72 Å². The molecule has 2 heterocycles. The van der Waals surface area contributed by atoms with Gasteiger partial charge in [-0.25, -0.2) is 14.1 Å². The molecular weight excluding hydrogens is 442 g/mol. The fourth-order valence-electron chi connectivity index (χ4n) is 3.58. The standard InChI is InChI=1S/C23H17F4N3O3/c1-14-21(31)30(18-6-8-19(9-7-18)33-23(25,26)27)22(32)29(14)13-16-10-11-28-12-20(16)15-2-4-17(24)5-3-15/h2-12,14H,13H2,1H3. The van der Waals surface area contributed by atoms with Gasteiger partial charge in [-0.1, -0.05) is 12.1 Å². The number of carbonyl (C=O) groups is 2. The number of urea groups is 1. The maximum atomic E-state index is 13.3. The minimum absolute atomic E-state index is 0.0761. The Morgan fingerprint density at radius 2 is 1.67 bits per heavy atom. The number of imide groups is 1. The number of hydrogen-bond acceptors (Lipinski definition) is 4. The van der Waals surface area contributed by atoms with Crippen LogP contribution in [0, 0.1) is 5.82 Å². The summed E-state index contributed by atoms with van der Waals surface area (Å²) in [5.41, 5.74) is 2.20. The average molecular weight is 459 g/mol. The molecule has 1 atom stereocenters. The molecule has 0 aliphatic carbocycles. The van der Waals surface area contributed by atoms with Gasteiger partial charge in [0.05, 0.1) is 5.69 Å². The van der Waals surface area contributed by atoms with Crippen molar-refractivity contribution in [2.45, 2.75) is 25.9 Å². The largest absolute Gasteiger partial charge is 0.573 e. The molecule has 1 fully saturated rings. The number of benzene rings is 2. The van der Waals surface area contributed by atoms with E-state index in [-0.39, 0.29) is 18.0 Å². The lowest BCUT2D eigenvalue weighted by Gasteiger charge is -2.21. The van der Waals surface area contributed by atoms with Crippen molar-refractivity contribution in [2.24, 2.45) is 0 Å². The number of hydrogen-bond donors (Lipinski definition) is 0. The Morgan fingerprint density at radius 3 is 2.30 bits per heavy atom. The van der Waals surface area contributed by atoms with Crippen molar-refractivity contribution in [1.82, 2.24) is 9.88 Å². The predicted octanol–water partition coefficient (Wildman–Crippen LogP) is 5.14. The highest BCUT2D eigenvalue weighted by Gasteiger charge is 2.43. The number of rotatable bonds is 5. The number of carbonyl (C=O) groups excluding carboxylic acids is 2. The second kappa shape index (κ2) is 8.53. The lowest BCUT2D eigenvalue weighted by atomic mass is 10.0. The van der Waals surface area contributed by atoms with Crippen molar-refractivity contribution in [3.8, 4) is 16.9 Å². The number of anilines is 1. The first-order valence-corrected chi connectivity index (χ1v) is 9.83. The molecule has 33 heavy (non-hydrogen) atoms. The SMILES string of the molecule is CC1C(=O)N(c2ccc(OC(F)(F)F)cc2)C(=O)N1Cc1ccncc1-c1ccc(F)cc1. The summed E-state index contributed by atoms with van der Waals surface area (Å²) in [5, 5.41) is 0. The number of pyridine rings is 1. The summed E-state index contributed by atoms with van der Waals surface area (Å²) in [6.45, 7) is 1.65. The minimum Gasteiger partial charge on any atom is -0.406 e. The predicted molar refractivity (Wildman–Crippen MR) is 111 cm³/mol. The maximum Gasteiger partial charge on any atom is 0.573 e. The van der Waals surface area contributed by atoms with Crippen LogP contribution in [0.25, 0.3) is 11.1 Å². The average Bonchev–Trinajstić information content (AvgIpc) is 2.98. The zero-order chi connectivity index (χ0) is 23.8. The normalized spacial score (nSPS) is 16.5. The lowest BCUT2D eigenvalue weighted by Crippen LogP contribution is -2.33. The molecule has 170 valence electrons. The Balaban J connectivity index is 1.58. The van der Waals surface area contributed by atoms with Crippen LogP contribution in [0.4, 0.5) is 28.0 Å². The molecule has 0 spiro atoms. The number of halogens is 4. The van der Waals surface area contributed by atoms with Crippen LogP contribution < -0.4 is 9.64 Å². The van der Waals surface area contributed by atoms with Crippen molar-refractivity contribution in [3.05, 3.63) is 78.4 Å². The second-order valence-electron chi connectivity index (χ2n) is 7.34. The molecule has 1 aliphatic heterocycles. The number of ether oxygens (including phenoxy) is 1. The third-order valence-electron chi connectivity index (χ3n) is 5.22. The Bertz CT molecular complexity index is 1180. The van der Waals surface area contributed by atoms with Gasteiger partial charge in [-0.05, 0) is 60.5 Å². The van der Waals surface area contributed by atoms with Crippen molar-refractivity contribution in [3.63, 3.8) is 0 Å². The summed E-state index contributed by atoms with van der Waals surface area (Å²) < 4.78 is 54.3. The zero-order valence-corrected chi connectivity index (χ0v) is 17.2.